The fourth-order valence-corrected chi connectivity index (χ4v) is 3.82. The fraction of sp³-hybridized carbons (Fsp3) is 0.389. The highest BCUT2D eigenvalue weighted by molar-refractivity contribution is 9.10. The number of carbonyl (C=O) groups is 1. The summed E-state index contributed by atoms with van der Waals surface area (Å²) in [5, 5.41) is 0. The summed E-state index contributed by atoms with van der Waals surface area (Å²) in [6, 6.07) is 10.5. The summed E-state index contributed by atoms with van der Waals surface area (Å²) >= 11 is 3.48. The third kappa shape index (κ3) is 2.72. The summed E-state index contributed by atoms with van der Waals surface area (Å²) < 4.78 is 2.98. The molecule has 116 valence electrons. The number of nitrogens with zero attached hydrogens (tertiary/aromatic N) is 2. The molecular weight excluding hydrogens is 340 g/mol. The van der Waals surface area contributed by atoms with Gasteiger partial charge >= 0.3 is 0 Å². The maximum absolute atomic E-state index is 13.0. The highest BCUT2D eigenvalue weighted by atomic mass is 79.9. The van der Waals surface area contributed by atoms with E-state index in [-0.39, 0.29) is 11.9 Å². The van der Waals surface area contributed by atoms with E-state index in [2.05, 4.69) is 54.0 Å². The smallest absolute Gasteiger partial charge is 0.271 e. The molecule has 1 aliphatic heterocycles. The molecule has 0 aliphatic carbocycles. The molecule has 1 fully saturated rings. The van der Waals surface area contributed by atoms with Crippen molar-refractivity contribution in [3.63, 3.8) is 0 Å². The van der Waals surface area contributed by atoms with Gasteiger partial charge in [0.1, 0.15) is 5.69 Å². The van der Waals surface area contributed by atoms with Crippen molar-refractivity contribution in [3.05, 3.63) is 57.8 Å². The lowest BCUT2D eigenvalue weighted by molar-refractivity contribution is 0.0724. The summed E-state index contributed by atoms with van der Waals surface area (Å²) in [5.41, 5.74) is 3.32. The van der Waals surface area contributed by atoms with E-state index in [1.165, 1.54) is 11.1 Å². The van der Waals surface area contributed by atoms with Gasteiger partial charge in [-0.3, -0.25) is 4.79 Å². The summed E-state index contributed by atoms with van der Waals surface area (Å²) in [6.45, 7) is 5.83. The molecule has 4 heteroatoms. The van der Waals surface area contributed by atoms with E-state index in [1.54, 1.807) is 0 Å². The normalized spacial score (nSPS) is 18.0. The Morgan fingerprint density at radius 3 is 2.86 bits per heavy atom. The molecule has 2 aromatic rings. The molecular formula is C18H21BrN2O. The van der Waals surface area contributed by atoms with Crippen LogP contribution in [-0.4, -0.2) is 21.9 Å². The van der Waals surface area contributed by atoms with Crippen LogP contribution in [0.15, 0.2) is 41.0 Å². The van der Waals surface area contributed by atoms with Crippen LogP contribution in [0.4, 0.5) is 0 Å². The largest absolute Gasteiger partial charge is 0.343 e. The van der Waals surface area contributed by atoms with E-state index in [1.807, 2.05) is 21.7 Å². The zero-order valence-corrected chi connectivity index (χ0v) is 14.6. The summed E-state index contributed by atoms with van der Waals surface area (Å²) in [5.74, 6) is 0.137. The molecule has 1 amide bonds. The van der Waals surface area contributed by atoms with Gasteiger partial charge in [0.15, 0.2) is 0 Å². The third-order valence-corrected chi connectivity index (χ3v) is 4.92. The molecule has 3 rings (SSSR count). The molecule has 2 heterocycles. The maximum Gasteiger partial charge on any atom is 0.271 e. The molecule has 1 aromatic carbocycles. The highest BCUT2D eigenvalue weighted by Gasteiger charge is 2.32. The van der Waals surface area contributed by atoms with Crippen molar-refractivity contribution in [2.24, 2.45) is 0 Å². The van der Waals surface area contributed by atoms with Crippen LogP contribution in [0.2, 0.25) is 0 Å². The Morgan fingerprint density at radius 1 is 1.36 bits per heavy atom. The average Bonchev–Trinajstić information content (AvgIpc) is 3.13. The second kappa shape index (κ2) is 6.29. The number of likely N-dealkylation sites (tertiary alicyclic amines) is 1. The Balaban J connectivity index is 1.93. The van der Waals surface area contributed by atoms with Crippen molar-refractivity contribution in [1.29, 1.82) is 0 Å². The van der Waals surface area contributed by atoms with Crippen LogP contribution in [0.3, 0.4) is 0 Å². The first-order valence-corrected chi connectivity index (χ1v) is 8.63. The summed E-state index contributed by atoms with van der Waals surface area (Å²) in [6.07, 6.45) is 4.09. The minimum Gasteiger partial charge on any atom is -0.343 e. The van der Waals surface area contributed by atoms with Gasteiger partial charge in [0.25, 0.3) is 5.91 Å². The zero-order chi connectivity index (χ0) is 15.7. The first-order valence-electron chi connectivity index (χ1n) is 7.84. The van der Waals surface area contributed by atoms with Gasteiger partial charge in [0.05, 0.1) is 6.04 Å². The minimum absolute atomic E-state index is 0.137. The van der Waals surface area contributed by atoms with Crippen molar-refractivity contribution in [1.82, 2.24) is 9.47 Å². The van der Waals surface area contributed by atoms with Gasteiger partial charge in [-0.25, -0.2) is 0 Å². The number of benzene rings is 1. The van der Waals surface area contributed by atoms with Crippen LogP contribution in [0.25, 0.3) is 0 Å². The second-order valence-electron chi connectivity index (χ2n) is 5.84. The Hall–Kier alpha value is -1.55. The molecule has 3 nitrogen and oxygen atoms in total. The van der Waals surface area contributed by atoms with Gasteiger partial charge in [0.2, 0.25) is 0 Å². The molecule has 22 heavy (non-hydrogen) atoms. The Morgan fingerprint density at radius 2 is 2.14 bits per heavy atom. The Kier molecular flexibility index (Phi) is 4.39. The van der Waals surface area contributed by atoms with Crippen molar-refractivity contribution in [2.75, 3.05) is 6.54 Å². The quantitative estimate of drug-likeness (QED) is 0.787. The van der Waals surface area contributed by atoms with Gasteiger partial charge in [0, 0.05) is 23.8 Å². The molecule has 1 atom stereocenters. The lowest BCUT2D eigenvalue weighted by atomic mass is 9.99. The van der Waals surface area contributed by atoms with E-state index in [9.17, 15) is 4.79 Å². The molecule has 0 radical (unpaired) electrons. The zero-order valence-electron chi connectivity index (χ0n) is 13.1. The molecule has 0 N–H and O–H groups in total. The molecule has 0 spiro atoms. The van der Waals surface area contributed by atoms with Crippen LogP contribution in [-0.2, 0) is 6.54 Å². The van der Waals surface area contributed by atoms with Gasteiger partial charge in [-0.15, -0.1) is 0 Å². The number of hydrogen-bond donors (Lipinski definition) is 0. The van der Waals surface area contributed by atoms with Gasteiger partial charge < -0.3 is 9.47 Å². The summed E-state index contributed by atoms with van der Waals surface area (Å²) in [7, 11) is 0. The number of rotatable bonds is 3. The molecule has 1 saturated heterocycles. The Bertz CT molecular complexity index is 692. The predicted molar refractivity (Wildman–Crippen MR) is 92.0 cm³/mol. The van der Waals surface area contributed by atoms with Gasteiger partial charge in [-0.05, 0) is 59.8 Å². The molecule has 1 aliphatic rings. The minimum atomic E-state index is 0.137. The predicted octanol–water partition coefficient (Wildman–Crippen LogP) is 4.56. The van der Waals surface area contributed by atoms with Crippen molar-refractivity contribution in [3.8, 4) is 0 Å². The number of halogens is 1. The van der Waals surface area contributed by atoms with Crippen LogP contribution < -0.4 is 0 Å². The third-order valence-electron chi connectivity index (χ3n) is 4.48. The average molecular weight is 361 g/mol. The molecule has 0 bridgehead atoms. The van der Waals surface area contributed by atoms with Crippen LogP contribution in [0, 0.1) is 6.92 Å². The Labute approximate surface area is 140 Å². The number of amides is 1. The van der Waals surface area contributed by atoms with Gasteiger partial charge in [-0.1, -0.05) is 24.3 Å². The topological polar surface area (TPSA) is 25.2 Å². The standard InChI is InChI=1S/C18H21BrN2O/c1-3-20-12-14(19)11-17(20)18(22)21-10-6-9-16(21)15-8-5-4-7-13(15)2/h4-5,7-8,11-12,16H,3,6,9-10H2,1-2H3. The first-order chi connectivity index (χ1) is 10.6. The van der Waals surface area contributed by atoms with Crippen LogP contribution in [0.1, 0.15) is 47.4 Å². The number of carbonyl (C=O) groups excluding carboxylic acids is 1. The fourth-order valence-electron chi connectivity index (χ4n) is 3.36. The first kappa shape index (κ1) is 15.3. The number of aromatic nitrogens is 1. The molecule has 0 saturated carbocycles. The molecule has 1 unspecified atom stereocenters. The van der Waals surface area contributed by atoms with Crippen molar-refractivity contribution in [2.45, 2.75) is 39.3 Å². The highest BCUT2D eigenvalue weighted by Crippen LogP contribution is 2.35. The van der Waals surface area contributed by atoms with E-state index in [0.29, 0.717) is 0 Å². The van der Waals surface area contributed by atoms with Crippen LogP contribution in [0.5, 0.6) is 0 Å². The SMILES string of the molecule is CCn1cc(Br)cc1C(=O)N1CCCC1c1ccccc1C. The van der Waals surface area contributed by atoms with Crippen LogP contribution >= 0.6 is 15.9 Å². The van der Waals surface area contributed by atoms with E-state index >= 15 is 0 Å². The maximum atomic E-state index is 13.0. The van der Waals surface area contributed by atoms with Crippen molar-refractivity contribution >= 4 is 21.8 Å². The van der Waals surface area contributed by atoms with E-state index in [0.717, 1.165) is 36.1 Å². The lowest BCUT2D eigenvalue weighted by Gasteiger charge is -2.26. The van der Waals surface area contributed by atoms with E-state index in [4.69, 9.17) is 0 Å². The van der Waals surface area contributed by atoms with E-state index < -0.39 is 0 Å². The summed E-state index contributed by atoms with van der Waals surface area (Å²) in [4.78, 5) is 15.1. The second-order valence-corrected chi connectivity index (χ2v) is 6.76. The van der Waals surface area contributed by atoms with Gasteiger partial charge in [-0.2, -0.15) is 0 Å². The number of hydrogen-bond acceptors (Lipinski definition) is 1. The lowest BCUT2D eigenvalue weighted by Crippen LogP contribution is -2.32. The molecule has 1 aromatic heterocycles. The monoisotopic (exact) mass is 360 g/mol. The number of aryl methyl sites for hydroxylation is 2. The van der Waals surface area contributed by atoms with Crippen molar-refractivity contribution < 1.29 is 4.79 Å².